The molecule has 0 atom stereocenters. The van der Waals surface area contributed by atoms with Gasteiger partial charge in [0.2, 0.25) is 0 Å². The molecule has 0 saturated carbocycles. The zero-order valence-electron chi connectivity index (χ0n) is 8.65. The van der Waals surface area contributed by atoms with Gasteiger partial charge in [-0.15, -0.1) is 0 Å². The molecular formula is C12H25NO2. The molecule has 90 valence electrons. The highest BCUT2D eigenvalue weighted by Gasteiger charge is 1.86. The molecule has 0 unspecified atom stereocenters. The molecule has 0 amide bonds. The van der Waals surface area contributed by atoms with Crippen LogP contribution in [-0.2, 0) is 11.5 Å². The quantitative estimate of drug-likeness (QED) is 0.598. The Hall–Kier alpha value is -0.900. The lowest BCUT2D eigenvalue weighted by Crippen LogP contribution is -1.95. The maximum Gasteiger partial charge on any atom is 0.107 e. The van der Waals surface area contributed by atoms with Gasteiger partial charge >= 0.3 is 0 Å². The summed E-state index contributed by atoms with van der Waals surface area (Å²) in [5.74, 6) is 0. The van der Waals surface area contributed by atoms with Crippen LogP contribution in [-0.4, -0.2) is 11.8 Å². The fourth-order valence-corrected chi connectivity index (χ4v) is 0.853. The normalized spacial score (nSPS) is 8.47. The number of hydrogen-bond acceptors (Lipinski definition) is 3. The molecule has 0 bridgehead atoms. The maximum atomic E-state index is 8.02. The molecule has 0 radical (unpaired) electrons. The second kappa shape index (κ2) is 13.1. The lowest BCUT2D eigenvalue weighted by molar-refractivity contribution is -0.253. The Morgan fingerprint density at radius 1 is 1.33 bits per heavy atom. The second-order valence-corrected chi connectivity index (χ2v) is 2.90. The second-order valence-electron chi connectivity index (χ2n) is 2.90. The molecular weight excluding hydrogens is 190 g/mol. The Morgan fingerprint density at radius 3 is 2.27 bits per heavy atom. The van der Waals surface area contributed by atoms with Gasteiger partial charge in [-0.25, -0.2) is 4.89 Å². The van der Waals surface area contributed by atoms with E-state index in [1.807, 2.05) is 30.3 Å². The lowest BCUT2D eigenvalue weighted by Gasteiger charge is -1.93. The molecule has 0 aliphatic heterocycles. The SMILES string of the molecule is C.CCCCN.OOCc1ccccc1.[HH]. The number of benzene rings is 1. The van der Waals surface area contributed by atoms with E-state index in [9.17, 15) is 0 Å². The van der Waals surface area contributed by atoms with E-state index in [1.165, 1.54) is 12.8 Å². The minimum atomic E-state index is 0. The van der Waals surface area contributed by atoms with Crippen molar-refractivity contribution in [3.05, 3.63) is 35.9 Å². The van der Waals surface area contributed by atoms with Crippen LogP contribution in [0.5, 0.6) is 0 Å². The van der Waals surface area contributed by atoms with Crippen molar-refractivity contribution in [2.45, 2.75) is 33.8 Å². The fourth-order valence-electron chi connectivity index (χ4n) is 0.853. The van der Waals surface area contributed by atoms with Gasteiger partial charge < -0.3 is 5.73 Å². The Bertz CT molecular complexity index is 205. The third-order valence-electron chi connectivity index (χ3n) is 1.63. The molecule has 1 rings (SSSR count). The van der Waals surface area contributed by atoms with Crippen LogP contribution in [0, 0.1) is 0 Å². The van der Waals surface area contributed by atoms with Crippen LogP contribution < -0.4 is 5.73 Å². The van der Waals surface area contributed by atoms with Crippen molar-refractivity contribution in [1.29, 1.82) is 0 Å². The van der Waals surface area contributed by atoms with Crippen LogP contribution in [0.3, 0.4) is 0 Å². The third-order valence-corrected chi connectivity index (χ3v) is 1.63. The van der Waals surface area contributed by atoms with Gasteiger partial charge in [0.25, 0.3) is 0 Å². The third kappa shape index (κ3) is 11.0. The van der Waals surface area contributed by atoms with Crippen LogP contribution in [0.25, 0.3) is 0 Å². The first-order valence-corrected chi connectivity index (χ1v) is 4.85. The average molecular weight is 215 g/mol. The summed E-state index contributed by atoms with van der Waals surface area (Å²) in [6, 6.07) is 9.48. The van der Waals surface area contributed by atoms with Gasteiger partial charge in [0.05, 0.1) is 0 Å². The smallest absolute Gasteiger partial charge is 0.107 e. The molecule has 0 fully saturated rings. The number of unbranched alkanes of at least 4 members (excludes halogenated alkanes) is 1. The summed E-state index contributed by atoms with van der Waals surface area (Å²) in [5.41, 5.74) is 6.11. The van der Waals surface area contributed by atoms with Crippen LogP contribution in [0.4, 0.5) is 0 Å². The summed E-state index contributed by atoms with van der Waals surface area (Å²) >= 11 is 0. The highest BCUT2D eigenvalue weighted by atomic mass is 17.1. The van der Waals surface area contributed by atoms with E-state index in [2.05, 4.69) is 11.8 Å². The minimum Gasteiger partial charge on any atom is -0.330 e. The lowest BCUT2D eigenvalue weighted by atomic mass is 10.2. The largest absolute Gasteiger partial charge is 0.330 e. The Kier molecular flexibility index (Phi) is 14.4. The summed E-state index contributed by atoms with van der Waals surface area (Å²) < 4.78 is 0. The zero-order valence-corrected chi connectivity index (χ0v) is 8.65. The summed E-state index contributed by atoms with van der Waals surface area (Å²) in [4.78, 5) is 3.93. The van der Waals surface area contributed by atoms with Crippen LogP contribution in [0.15, 0.2) is 30.3 Å². The standard InChI is InChI=1S/C7H8O2.C4H11N.CH4.H2/c8-9-6-7-4-2-1-3-5-7;1-2-3-4-5;;/h1-5,8H,6H2;2-5H2,1H3;1H4;1H. The van der Waals surface area contributed by atoms with E-state index in [0.29, 0.717) is 0 Å². The molecule has 3 nitrogen and oxygen atoms in total. The molecule has 1 aromatic carbocycles. The minimum absolute atomic E-state index is 0. The molecule has 0 aliphatic rings. The number of hydrogen-bond donors (Lipinski definition) is 2. The molecule has 0 saturated heterocycles. The highest BCUT2D eigenvalue weighted by Crippen LogP contribution is 1.98. The van der Waals surface area contributed by atoms with Crippen molar-refractivity contribution in [1.82, 2.24) is 0 Å². The van der Waals surface area contributed by atoms with Crippen molar-refractivity contribution in [2.75, 3.05) is 6.54 Å². The van der Waals surface area contributed by atoms with E-state index < -0.39 is 0 Å². The molecule has 0 spiro atoms. The first kappa shape index (κ1) is 16.5. The van der Waals surface area contributed by atoms with Gasteiger partial charge in [-0.2, -0.15) is 0 Å². The first-order chi connectivity index (χ1) is 6.85. The Balaban J connectivity index is -0.000000214. The predicted molar refractivity (Wildman–Crippen MR) is 66.7 cm³/mol. The molecule has 0 heterocycles. The van der Waals surface area contributed by atoms with E-state index in [4.69, 9.17) is 11.0 Å². The number of nitrogens with two attached hydrogens (primary N) is 1. The van der Waals surface area contributed by atoms with Gasteiger partial charge in [-0.3, -0.25) is 5.26 Å². The van der Waals surface area contributed by atoms with Crippen LogP contribution in [0.1, 0.15) is 34.2 Å². The summed E-state index contributed by atoms with van der Waals surface area (Å²) in [5, 5.41) is 8.02. The Morgan fingerprint density at radius 2 is 1.93 bits per heavy atom. The molecule has 3 heteroatoms. The van der Waals surface area contributed by atoms with Crippen LogP contribution in [0.2, 0.25) is 0 Å². The summed E-state index contributed by atoms with van der Waals surface area (Å²) in [7, 11) is 0. The van der Waals surface area contributed by atoms with E-state index in [-0.39, 0.29) is 15.5 Å². The van der Waals surface area contributed by atoms with Gasteiger partial charge in [0.1, 0.15) is 6.61 Å². The molecule has 15 heavy (non-hydrogen) atoms. The zero-order chi connectivity index (χ0) is 10.6. The van der Waals surface area contributed by atoms with Crippen molar-refractivity contribution < 1.29 is 11.6 Å². The highest BCUT2D eigenvalue weighted by molar-refractivity contribution is 5.13. The Labute approximate surface area is 94.3 Å². The van der Waals surface area contributed by atoms with E-state index in [0.717, 1.165) is 12.1 Å². The van der Waals surface area contributed by atoms with Crippen molar-refractivity contribution >= 4 is 0 Å². The first-order valence-electron chi connectivity index (χ1n) is 4.85. The van der Waals surface area contributed by atoms with Gasteiger partial charge in [-0.1, -0.05) is 51.1 Å². The van der Waals surface area contributed by atoms with E-state index >= 15 is 0 Å². The molecule has 3 N–H and O–H groups in total. The van der Waals surface area contributed by atoms with Gasteiger partial charge in [0.15, 0.2) is 0 Å². The van der Waals surface area contributed by atoms with Crippen molar-refractivity contribution in [3.63, 3.8) is 0 Å². The van der Waals surface area contributed by atoms with Gasteiger partial charge in [-0.05, 0) is 18.5 Å². The summed E-state index contributed by atoms with van der Waals surface area (Å²) in [6.45, 7) is 3.24. The van der Waals surface area contributed by atoms with Crippen LogP contribution >= 0.6 is 0 Å². The molecule has 0 aromatic heterocycles. The predicted octanol–water partition coefficient (Wildman–Crippen LogP) is 3.30. The van der Waals surface area contributed by atoms with Crippen molar-refractivity contribution in [2.24, 2.45) is 5.73 Å². The fraction of sp³-hybridized carbons (Fsp3) is 0.500. The van der Waals surface area contributed by atoms with Crippen molar-refractivity contribution in [3.8, 4) is 0 Å². The monoisotopic (exact) mass is 215 g/mol. The molecule has 1 aromatic rings. The van der Waals surface area contributed by atoms with Gasteiger partial charge in [0, 0.05) is 1.43 Å². The molecule has 0 aliphatic carbocycles. The number of rotatable bonds is 4. The maximum absolute atomic E-state index is 8.02. The summed E-state index contributed by atoms with van der Waals surface area (Å²) in [6.07, 6.45) is 2.39. The topological polar surface area (TPSA) is 55.5 Å². The average Bonchev–Trinajstić information content (AvgIpc) is 2.22. The van der Waals surface area contributed by atoms with E-state index in [1.54, 1.807) is 0 Å².